The third kappa shape index (κ3) is 2.64. The van der Waals surface area contributed by atoms with Crippen LogP contribution in [0, 0.1) is 0 Å². The number of hydrogen-bond acceptors (Lipinski definition) is 4. The Balaban J connectivity index is 1.98. The number of pyridine rings is 1. The second kappa shape index (κ2) is 5.46. The van der Waals surface area contributed by atoms with Crippen molar-refractivity contribution in [1.82, 2.24) is 9.40 Å². The van der Waals surface area contributed by atoms with Gasteiger partial charge in [0.15, 0.2) is 0 Å². The first-order valence-electron chi connectivity index (χ1n) is 6.32. The van der Waals surface area contributed by atoms with Gasteiger partial charge in [0.05, 0.1) is 10.6 Å². The summed E-state index contributed by atoms with van der Waals surface area (Å²) in [4.78, 5) is 4.38. The molecule has 0 amide bonds. The Morgan fingerprint density at radius 1 is 1.14 bits per heavy atom. The molecule has 2 aromatic rings. The average Bonchev–Trinajstić information content (AvgIpc) is 2.99. The van der Waals surface area contributed by atoms with Crippen molar-refractivity contribution in [3.05, 3.63) is 59.4 Å². The Hall–Kier alpha value is -1.92. The molecule has 1 aromatic carbocycles. The second-order valence-corrected chi connectivity index (χ2v) is 6.77. The van der Waals surface area contributed by atoms with Crippen molar-refractivity contribution >= 4 is 27.8 Å². The zero-order valence-electron chi connectivity index (χ0n) is 10.9. The van der Waals surface area contributed by atoms with E-state index in [1.54, 1.807) is 36.7 Å². The Morgan fingerprint density at radius 3 is 2.57 bits per heavy atom. The first kappa shape index (κ1) is 14.0. The molecule has 2 heterocycles. The van der Waals surface area contributed by atoms with Crippen LogP contribution in [0.1, 0.15) is 18.2 Å². The molecule has 1 aliphatic rings. The van der Waals surface area contributed by atoms with Gasteiger partial charge in [0.25, 0.3) is 10.0 Å². The van der Waals surface area contributed by atoms with Gasteiger partial charge in [-0.25, -0.2) is 0 Å². The summed E-state index contributed by atoms with van der Waals surface area (Å²) in [6, 6.07) is 11.0. The van der Waals surface area contributed by atoms with Gasteiger partial charge >= 0.3 is 0 Å². The van der Waals surface area contributed by atoms with Crippen LogP contribution >= 0.6 is 11.6 Å². The summed E-state index contributed by atoms with van der Waals surface area (Å²) in [7, 11) is -3.72. The highest BCUT2D eigenvalue weighted by Gasteiger charge is 2.34. The monoisotopic (exact) mass is 321 g/mol. The maximum atomic E-state index is 12.7. The van der Waals surface area contributed by atoms with Crippen LogP contribution in [-0.2, 0) is 10.0 Å². The highest BCUT2D eigenvalue weighted by atomic mass is 35.5. The molecule has 0 spiro atoms. The molecule has 21 heavy (non-hydrogen) atoms. The summed E-state index contributed by atoms with van der Waals surface area (Å²) in [5.74, 6) is 0. The first-order valence-corrected chi connectivity index (χ1v) is 8.14. The van der Waals surface area contributed by atoms with Gasteiger partial charge in [0.1, 0.15) is 6.04 Å². The molecule has 0 saturated carbocycles. The average molecular weight is 322 g/mol. The third-order valence-electron chi connectivity index (χ3n) is 3.18. The molecule has 3 rings (SSSR count). The highest BCUT2D eigenvalue weighted by Crippen LogP contribution is 2.32. The summed E-state index contributed by atoms with van der Waals surface area (Å²) in [5, 5.41) is 4.50. The lowest BCUT2D eigenvalue weighted by Gasteiger charge is -2.22. The maximum absolute atomic E-state index is 12.7. The van der Waals surface area contributed by atoms with Gasteiger partial charge in [-0.05, 0) is 36.4 Å². The van der Waals surface area contributed by atoms with E-state index in [1.807, 2.05) is 6.07 Å². The van der Waals surface area contributed by atoms with E-state index in [0.717, 1.165) is 4.41 Å². The van der Waals surface area contributed by atoms with Gasteiger partial charge in [-0.15, -0.1) is 0 Å². The predicted octanol–water partition coefficient (Wildman–Crippen LogP) is 2.86. The van der Waals surface area contributed by atoms with Crippen molar-refractivity contribution in [2.75, 3.05) is 0 Å². The van der Waals surface area contributed by atoms with Crippen LogP contribution in [0.5, 0.6) is 0 Å². The van der Waals surface area contributed by atoms with Gasteiger partial charge in [-0.1, -0.05) is 17.7 Å². The molecular weight excluding hydrogens is 310 g/mol. The standard InChI is InChI=1S/C14H12ClN3O2S/c15-11-4-6-12(7-5-11)21(19,20)18-14(8-10-17-18)13-3-1-2-9-16-13/h1-7,9-10,14H,8H2. The van der Waals surface area contributed by atoms with E-state index in [9.17, 15) is 8.42 Å². The molecule has 1 aromatic heterocycles. The van der Waals surface area contributed by atoms with E-state index in [-0.39, 0.29) is 4.90 Å². The number of benzene rings is 1. The third-order valence-corrected chi connectivity index (χ3v) is 5.14. The van der Waals surface area contributed by atoms with Crippen LogP contribution in [0.15, 0.2) is 58.7 Å². The van der Waals surface area contributed by atoms with Crippen molar-refractivity contribution in [1.29, 1.82) is 0 Å². The number of rotatable bonds is 3. The number of sulfonamides is 1. The maximum Gasteiger partial charge on any atom is 0.279 e. The summed E-state index contributed by atoms with van der Waals surface area (Å²) in [6.45, 7) is 0. The van der Waals surface area contributed by atoms with Gasteiger partial charge in [-0.3, -0.25) is 4.98 Å². The lowest BCUT2D eigenvalue weighted by molar-refractivity contribution is 0.365. The minimum atomic E-state index is -3.72. The Morgan fingerprint density at radius 2 is 1.90 bits per heavy atom. The van der Waals surface area contributed by atoms with E-state index in [1.165, 1.54) is 12.1 Å². The first-order chi connectivity index (χ1) is 10.1. The lowest BCUT2D eigenvalue weighted by Crippen LogP contribution is -2.27. The fourth-order valence-electron chi connectivity index (χ4n) is 2.15. The zero-order chi connectivity index (χ0) is 14.9. The van der Waals surface area contributed by atoms with Crippen LogP contribution in [0.25, 0.3) is 0 Å². The predicted molar refractivity (Wildman–Crippen MR) is 80.6 cm³/mol. The molecule has 5 nitrogen and oxygen atoms in total. The Kier molecular flexibility index (Phi) is 3.65. The number of hydrazone groups is 1. The highest BCUT2D eigenvalue weighted by molar-refractivity contribution is 7.89. The van der Waals surface area contributed by atoms with Crippen LogP contribution < -0.4 is 0 Å². The summed E-state index contributed by atoms with van der Waals surface area (Å²) in [5.41, 5.74) is 0.674. The molecule has 1 unspecified atom stereocenters. The van der Waals surface area contributed by atoms with Crippen molar-refractivity contribution in [3.8, 4) is 0 Å². The van der Waals surface area contributed by atoms with E-state index in [0.29, 0.717) is 17.1 Å². The normalized spacial score (nSPS) is 18.1. The molecular formula is C14H12ClN3O2S. The number of halogens is 1. The topological polar surface area (TPSA) is 62.6 Å². The van der Waals surface area contributed by atoms with Crippen LogP contribution in [0.2, 0.25) is 5.02 Å². The van der Waals surface area contributed by atoms with E-state index in [2.05, 4.69) is 10.1 Å². The van der Waals surface area contributed by atoms with Crippen molar-refractivity contribution < 1.29 is 8.42 Å². The molecule has 1 aliphatic heterocycles. The number of aromatic nitrogens is 1. The molecule has 0 aliphatic carbocycles. The summed E-state index contributed by atoms with van der Waals surface area (Å²) < 4.78 is 26.5. The second-order valence-electron chi connectivity index (χ2n) is 4.54. The number of hydrogen-bond donors (Lipinski definition) is 0. The van der Waals surface area contributed by atoms with Gasteiger partial charge in [-0.2, -0.15) is 17.9 Å². The minimum Gasteiger partial charge on any atom is -0.259 e. The Labute approximate surface area is 127 Å². The lowest BCUT2D eigenvalue weighted by atomic mass is 10.1. The van der Waals surface area contributed by atoms with E-state index in [4.69, 9.17) is 11.6 Å². The van der Waals surface area contributed by atoms with Gasteiger partial charge in [0.2, 0.25) is 0 Å². The fraction of sp³-hybridized carbons (Fsp3) is 0.143. The summed E-state index contributed by atoms with van der Waals surface area (Å²) in [6.07, 6.45) is 3.73. The van der Waals surface area contributed by atoms with Gasteiger partial charge in [0, 0.05) is 23.9 Å². The van der Waals surface area contributed by atoms with E-state index >= 15 is 0 Å². The van der Waals surface area contributed by atoms with Crippen molar-refractivity contribution in [2.24, 2.45) is 5.10 Å². The van der Waals surface area contributed by atoms with Gasteiger partial charge < -0.3 is 0 Å². The summed E-state index contributed by atoms with van der Waals surface area (Å²) >= 11 is 5.80. The Bertz CT molecular complexity index is 761. The molecule has 7 heteroatoms. The zero-order valence-corrected chi connectivity index (χ0v) is 12.5. The van der Waals surface area contributed by atoms with E-state index < -0.39 is 16.1 Å². The smallest absolute Gasteiger partial charge is 0.259 e. The van der Waals surface area contributed by atoms with Crippen molar-refractivity contribution in [2.45, 2.75) is 17.4 Å². The molecule has 0 saturated heterocycles. The SMILES string of the molecule is O=S(=O)(c1ccc(Cl)cc1)N1N=CCC1c1ccccn1. The molecule has 1 atom stereocenters. The largest absolute Gasteiger partial charge is 0.279 e. The molecule has 0 bridgehead atoms. The molecule has 108 valence electrons. The minimum absolute atomic E-state index is 0.159. The molecule has 0 fully saturated rings. The van der Waals surface area contributed by atoms with Crippen molar-refractivity contribution in [3.63, 3.8) is 0 Å². The quantitative estimate of drug-likeness (QED) is 0.873. The molecule has 0 radical (unpaired) electrons. The number of nitrogens with zero attached hydrogens (tertiary/aromatic N) is 3. The van der Waals surface area contributed by atoms with Crippen LogP contribution in [-0.4, -0.2) is 24.0 Å². The van der Waals surface area contributed by atoms with Crippen LogP contribution in [0.4, 0.5) is 0 Å². The van der Waals surface area contributed by atoms with Crippen LogP contribution in [0.3, 0.4) is 0 Å². The molecule has 0 N–H and O–H groups in total. The fourth-order valence-corrected chi connectivity index (χ4v) is 3.69.